The molecule has 3 N–H and O–H groups in total. The fourth-order valence-electron chi connectivity index (χ4n) is 3.10. The Bertz CT molecular complexity index is 636. The molecule has 2 unspecified atom stereocenters. The van der Waals surface area contributed by atoms with E-state index >= 15 is 0 Å². The van der Waals surface area contributed by atoms with Crippen molar-refractivity contribution in [1.29, 1.82) is 0 Å². The SMILES string of the molecule is Cc1cc(N2CC(C(=O)NC(CN)C3CC3)CC2=O)ccc1Br.Cl. The predicted octanol–water partition coefficient (Wildman–Crippen LogP) is 2.39. The highest BCUT2D eigenvalue weighted by Crippen LogP contribution is 2.33. The maximum Gasteiger partial charge on any atom is 0.227 e. The van der Waals surface area contributed by atoms with Crippen molar-refractivity contribution in [2.24, 2.45) is 17.6 Å². The molecule has 1 aliphatic heterocycles. The molecule has 7 heteroatoms. The van der Waals surface area contributed by atoms with E-state index in [1.807, 2.05) is 25.1 Å². The van der Waals surface area contributed by atoms with Gasteiger partial charge in [0.1, 0.15) is 0 Å². The maximum atomic E-state index is 12.4. The minimum atomic E-state index is -0.292. The Morgan fingerprint density at radius 1 is 1.46 bits per heavy atom. The quantitative estimate of drug-likeness (QED) is 0.774. The first-order chi connectivity index (χ1) is 11.0. The van der Waals surface area contributed by atoms with Crippen molar-refractivity contribution in [3.63, 3.8) is 0 Å². The molecule has 1 saturated carbocycles. The third-order valence-electron chi connectivity index (χ3n) is 4.72. The van der Waals surface area contributed by atoms with Gasteiger partial charge in [0, 0.05) is 35.7 Å². The average Bonchev–Trinajstić information content (AvgIpc) is 3.29. The number of nitrogens with two attached hydrogens (primary N) is 1. The van der Waals surface area contributed by atoms with Gasteiger partial charge in [-0.1, -0.05) is 15.9 Å². The van der Waals surface area contributed by atoms with Crippen molar-refractivity contribution < 1.29 is 9.59 Å². The van der Waals surface area contributed by atoms with Gasteiger partial charge in [-0.05, 0) is 49.4 Å². The van der Waals surface area contributed by atoms with Gasteiger partial charge in [-0.25, -0.2) is 0 Å². The summed E-state index contributed by atoms with van der Waals surface area (Å²) in [6.07, 6.45) is 2.54. The number of nitrogens with one attached hydrogen (secondary N) is 1. The monoisotopic (exact) mass is 415 g/mol. The number of benzene rings is 1. The highest BCUT2D eigenvalue weighted by Gasteiger charge is 2.38. The molecule has 1 aliphatic carbocycles. The summed E-state index contributed by atoms with van der Waals surface area (Å²) in [4.78, 5) is 26.4. The molecule has 0 spiro atoms. The normalized spacial score (nSPS) is 21.4. The van der Waals surface area contributed by atoms with Gasteiger partial charge in [0.25, 0.3) is 0 Å². The Morgan fingerprint density at radius 3 is 2.75 bits per heavy atom. The molecule has 2 amide bonds. The summed E-state index contributed by atoms with van der Waals surface area (Å²) in [5.74, 6) is 0.185. The molecular weight excluding hydrogens is 394 g/mol. The Kier molecular flexibility index (Phi) is 6.28. The van der Waals surface area contributed by atoms with Crippen LogP contribution in [0.25, 0.3) is 0 Å². The molecule has 3 rings (SSSR count). The van der Waals surface area contributed by atoms with Crippen LogP contribution in [-0.2, 0) is 9.59 Å². The first kappa shape index (κ1) is 19.2. The van der Waals surface area contributed by atoms with Crippen LogP contribution < -0.4 is 16.0 Å². The van der Waals surface area contributed by atoms with Crippen molar-refractivity contribution in [2.45, 2.75) is 32.2 Å². The molecule has 5 nitrogen and oxygen atoms in total. The van der Waals surface area contributed by atoms with Gasteiger partial charge in [0.15, 0.2) is 0 Å². The molecule has 2 atom stereocenters. The lowest BCUT2D eigenvalue weighted by Gasteiger charge is -2.20. The fraction of sp³-hybridized carbons (Fsp3) is 0.529. The highest BCUT2D eigenvalue weighted by atomic mass is 79.9. The van der Waals surface area contributed by atoms with Crippen LogP contribution in [0, 0.1) is 18.8 Å². The minimum Gasteiger partial charge on any atom is -0.352 e. The number of amides is 2. The number of aryl methyl sites for hydroxylation is 1. The average molecular weight is 417 g/mol. The van der Waals surface area contributed by atoms with Gasteiger partial charge in [-0.15, -0.1) is 12.4 Å². The van der Waals surface area contributed by atoms with Gasteiger partial charge in [-0.2, -0.15) is 0 Å². The van der Waals surface area contributed by atoms with E-state index in [2.05, 4.69) is 21.2 Å². The van der Waals surface area contributed by atoms with Crippen LogP contribution in [0.5, 0.6) is 0 Å². The number of hydrogen-bond donors (Lipinski definition) is 2. The van der Waals surface area contributed by atoms with Crippen molar-refractivity contribution >= 4 is 45.8 Å². The summed E-state index contributed by atoms with van der Waals surface area (Å²) >= 11 is 3.46. The molecule has 1 aromatic carbocycles. The standard InChI is InChI=1S/C17H22BrN3O2.ClH/c1-10-6-13(4-5-14(10)18)21-9-12(7-16(21)22)17(23)20-15(8-19)11-2-3-11;/h4-6,11-12,15H,2-3,7-9,19H2,1H3,(H,20,23);1H. The summed E-state index contributed by atoms with van der Waals surface area (Å²) in [7, 11) is 0. The highest BCUT2D eigenvalue weighted by molar-refractivity contribution is 9.10. The molecule has 1 heterocycles. The molecular formula is C17H23BrClN3O2. The number of anilines is 1. The summed E-state index contributed by atoms with van der Waals surface area (Å²) in [6.45, 7) is 2.89. The zero-order chi connectivity index (χ0) is 16.6. The van der Waals surface area contributed by atoms with Crippen LogP contribution in [0.1, 0.15) is 24.8 Å². The molecule has 1 aromatic rings. The van der Waals surface area contributed by atoms with Crippen LogP contribution in [-0.4, -0.2) is 30.9 Å². The molecule has 0 bridgehead atoms. The van der Waals surface area contributed by atoms with Crippen molar-refractivity contribution in [3.05, 3.63) is 28.2 Å². The summed E-state index contributed by atoms with van der Waals surface area (Å²) in [5.41, 5.74) is 7.66. The van der Waals surface area contributed by atoms with E-state index in [9.17, 15) is 9.59 Å². The summed E-state index contributed by atoms with van der Waals surface area (Å²) < 4.78 is 1.01. The topological polar surface area (TPSA) is 75.4 Å². The van der Waals surface area contributed by atoms with E-state index in [0.29, 0.717) is 19.0 Å². The first-order valence-electron chi connectivity index (χ1n) is 8.06. The third-order valence-corrected chi connectivity index (χ3v) is 5.61. The molecule has 132 valence electrons. The molecule has 2 aliphatic rings. The van der Waals surface area contributed by atoms with E-state index in [4.69, 9.17) is 5.73 Å². The van der Waals surface area contributed by atoms with E-state index in [-0.39, 0.29) is 42.6 Å². The predicted molar refractivity (Wildman–Crippen MR) is 100 cm³/mol. The molecule has 2 fully saturated rings. The molecule has 0 radical (unpaired) electrons. The maximum absolute atomic E-state index is 12.4. The lowest BCUT2D eigenvalue weighted by atomic mass is 10.1. The number of hydrogen-bond acceptors (Lipinski definition) is 3. The van der Waals surface area contributed by atoms with Gasteiger partial charge in [-0.3, -0.25) is 9.59 Å². The second-order valence-electron chi connectivity index (χ2n) is 6.53. The van der Waals surface area contributed by atoms with E-state index in [1.54, 1.807) is 4.90 Å². The van der Waals surface area contributed by atoms with E-state index in [0.717, 1.165) is 28.6 Å². The number of carbonyl (C=O) groups is 2. The van der Waals surface area contributed by atoms with Crippen LogP contribution in [0.15, 0.2) is 22.7 Å². The van der Waals surface area contributed by atoms with Crippen LogP contribution in [0.3, 0.4) is 0 Å². The lowest BCUT2D eigenvalue weighted by molar-refractivity contribution is -0.127. The molecule has 0 aromatic heterocycles. The fourth-order valence-corrected chi connectivity index (χ4v) is 3.34. The minimum absolute atomic E-state index is 0. The first-order valence-corrected chi connectivity index (χ1v) is 8.86. The second kappa shape index (κ2) is 7.85. The second-order valence-corrected chi connectivity index (χ2v) is 7.38. The smallest absolute Gasteiger partial charge is 0.227 e. The van der Waals surface area contributed by atoms with Gasteiger partial charge in [0.05, 0.1) is 5.92 Å². The Hall–Kier alpha value is -1.11. The van der Waals surface area contributed by atoms with Gasteiger partial charge < -0.3 is 16.0 Å². The number of carbonyl (C=O) groups excluding carboxylic acids is 2. The Balaban J connectivity index is 0.00000208. The lowest BCUT2D eigenvalue weighted by Crippen LogP contribution is -2.45. The Morgan fingerprint density at radius 2 is 2.17 bits per heavy atom. The van der Waals surface area contributed by atoms with Crippen LogP contribution in [0.4, 0.5) is 5.69 Å². The molecule has 1 saturated heterocycles. The zero-order valence-corrected chi connectivity index (χ0v) is 16.0. The summed E-state index contributed by atoms with van der Waals surface area (Å²) in [5, 5.41) is 3.03. The Labute approximate surface area is 156 Å². The number of rotatable bonds is 5. The summed E-state index contributed by atoms with van der Waals surface area (Å²) in [6, 6.07) is 5.86. The van der Waals surface area contributed by atoms with Crippen LogP contribution >= 0.6 is 28.3 Å². The zero-order valence-electron chi connectivity index (χ0n) is 13.6. The van der Waals surface area contributed by atoms with Gasteiger partial charge >= 0.3 is 0 Å². The van der Waals surface area contributed by atoms with Gasteiger partial charge in [0.2, 0.25) is 11.8 Å². The van der Waals surface area contributed by atoms with E-state index in [1.165, 1.54) is 0 Å². The van der Waals surface area contributed by atoms with Crippen molar-refractivity contribution in [1.82, 2.24) is 5.32 Å². The third kappa shape index (κ3) is 4.10. The van der Waals surface area contributed by atoms with Crippen molar-refractivity contribution in [3.8, 4) is 0 Å². The largest absolute Gasteiger partial charge is 0.352 e. The molecule has 24 heavy (non-hydrogen) atoms. The van der Waals surface area contributed by atoms with E-state index < -0.39 is 0 Å². The number of halogens is 2. The number of nitrogens with zero attached hydrogens (tertiary/aromatic N) is 1. The van der Waals surface area contributed by atoms with Crippen LogP contribution in [0.2, 0.25) is 0 Å². The van der Waals surface area contributed by atoms with Crippen molar-refractivity contribution in [2.75, 3.05) is 18.0 Å².